The molecule has 0 fully saturated rings. The molecule has 0 aliphatic carbocycles. The summed E-state index contributed by atoms with van der Waals surface area (Å²) in [5, 5.41) is 4.11. The lowest BCUT2D eigenvalue weighted by atomic mass is 10.2. The lowest BCUT2D eigenvalue weighted by Gasteiger charge is -2.10. The summed E-state index contributed by atoms with van der Waals surface area (Å²) >= 11 is 0. The third kappa shape index (κ3) is 5.22. The number of amides is 2. The Kier molecular flexibility index (Phi) is 6.96. The Morgan fingerprint density at radius 3 is 2.39 bits per heavy atom. The Morgan fingerprint density at radius 2 is 1.68 bits per heavy atom. The largest absolute Gasteiger partial charge is 0.496 e. The van der Waals surface area contributed by atoms with Crippen LogP contribution in [-0.2, 0) is 14.3 Å². The SMILES string of the molecule is COc1ccccc1C(=O)OCC(=O)NCC(=O)Nc1ccc(F)c(F)c1F. The van der Waals surface area contributed by atoms with E-state index in [9.17, 15) is 27.6 Å². The number of hydrogen-bond acceptors (Lipinski definition) is 5. The summed E-state index contributed by atoms with van der Waals surface area (Å²) < 4.78 is 49.2. The molecule has 2 amide bonds. The maximum Gasteiger partial charge on any atom is 0.342 e. The standard InChI is InChI=1S/C18H15F3N2O5/c1-27-13-5-3-2-4-10(13)18(26)28-9-15(25)22-8-14(24)23-12-7-6-11(19)16(20)17(12)21/h2-7H,8-9H2,1H3,(H,22,25)(H,23,24). The first-order valence-electron chi connectivity index (χ1n) is 7.83. The van der Waals surface area contributed by atoms with E-state index in [0.29, 0.717) is 6.07 Å². The smallest absolute Gasteiger partial charge is 0.342 e. The van der Waals surface area contributed by atoms with Crippen LogP contribution < -0.4 is 15.4 Å². The molecule has 2 aromatic rings. The maximum atomic E-state index is 13.5. The second-order valence-electron chi connectivity index (χ2n) is 5.32. The van der Waals surface area contributed by atoms with Gasteiger partial charge in [-0.1, -0.05) is 12.1 Å². The lowest BCUT2D eigenvalue weighted by Crippen LogP contribution is -2.35. The van der Waals surface area contributed by atoms with Gasteiger partial charge in [-0.2, -0.15) is 0 Å². The predicted octanol–water partition coefficient (Wildman–Crippen LogP) is 2.02. The molecule has 0 atom stereocenters. The Morgan fingerprint density at radius 1 is 0.964 bits per heavy atom. The van der Waals surface area contributed by atoms with Crippen LogP contribution in [0.2, 0.25) is 0 Å². The van der Waals surface area contributed by atoms with Crippen molar-refractivity contribution in [2.45, 2.75) is 0 Å². The van der Waals surface area contributed by atoms with Gasteiger partial charge < -0.3 is 20.1 Å². The number of carbonyl (C=O) groups excluding carboxylic acids is 3. The van der Waals surface area contributed by atoms with Gasteiger partial charge >= 0.3 is 5.97 Å². The van der Waals surface area contributed by atoms with Crippen molar-refractivity contribution in [2.24, 2.45) is 0 Å². The first kappa shape index (κ1) is 20.7. The van der Waals surface area contributed by atoms with Crippen molar-refractivity contribution >= 4 is 23.5 Å². The Hall–Kier alpha value is -3.56. The zero-order valence-electron chi connectivity index (χ0n) is 14.6. The van der Waals surface area contributed by atoms with Crippen LogP contribution in [-0.4, -0.2) is 38.0 Å². The van der Waals surface area contributed by atoms with Gasteiger partial charge in [0.05, 0.1) is 19.3 Å². The molecule has 0 aromatic heterocycles. The zero-order chi connectivity index (χ0) is 20.7. The van der Waals surface area contributed by atoms with Crippen molar-refractivity contribution in [1.82, 2.24) is 5.32 Å². The van der Waals surface area contributed by atoms with E-state index in [0.717, 1.165) is 6.07 Å². The molecular formula is C18H15F3N2O5. The summed E-state index contributed by atoms with van der Waals surface area (Å²) in [6, 6.07) is 7.70. The predicted molar refractivity (Wildman–Crippen MR) is 91.2 cm³/mol. The number of anilines is 1. The molecule has 0 aliphatic rings. The number of nitrogens with one attached hydrogen (secondary N) is 2. The van der Waals surface area contributed by atoms with Crippen LogP contribution in [0, 0.1) is 17.5 Å². The second-order valence-corrected chi connectivity index (χ2v) is 5.32. The molecule has 0 saturated heterocycles. The molecule has 2 aromatic carbocycles. The van der Waals surface area contributed by atoms with Crippen molar-refractivity contribution in [3.63, 3.8) is 0 Å². The van der Waals surface area contributed by atoms with E-state index in [1.54, 1.807) is 18.2 Å². The highest BCUT2D eigenvalue weighted by atomic mass is 19.2. The highest BCUT2D eigenvalue weighted by Crippen LogP contribution is 2.19. The summed E-state index contributed by atoms with van der Waals surface area (Å²) in [4.78, 5) is 35.3. The second kappa shape index (κ2) is 9.40. The molecule has 0 aliphatic heterocycles. The van der Waals surface area contributed by atoms with Crippen LogP contribution >= 0.6 is 0 Å². The van der Waals surface area contributed by atoms with Crippen LogP contribution in [0.25, 0.3) is 0 Å². The number of methoxy groups -OCH3 is 1. The molecule has 0 unspecified atom stereocenters. The van der Waals surface area contributed by atoms with Crippen molar-refractivity contribution < 1.29 is 37.0 Å². The molecule has 0 heterocycles. The maximum absolute atomic E-state index is 13.5. The van der Waals surface area contributed by atoms with E-state index in [1.807, 2.05) is 5.32 Å². The third-order valence-electron chi connectivity index (χ3n) is 3.42. The minimum absolute atomic E-state index is 0.115. The highest BCUT2D eigenvalue weighted by molar-refractivity contribution is 5.96. The number of hydrogen-bond donors (Lipinski definition) is 2. The molecule has 0 saturated carbocycles. The van der Waals surface area contributed by atoms with Crippen molar-refractivity contribution in [2.75, 3.05) is 25.6 Å². The Bertz CT molecular complexity index is 905. The van der Waals surface area contributed by atoms with Crippen LogP contribution in [0.1, 0.15) is 10.4 Å². The van der Waals surface area contributed by atoms with Gasteiger partial charge in [0.2, 0.25) is 5.91 Å². The average molecular weight is 396 g/mol. The van der Waals surface area contributed by atoms with Crippen molar-refractivity contribution in [3.05, 3.63) is 59.4 Å². The molecular weight excluding hydrogens is 381 g/mol. The van der Waals surface area contributed by atoms with Crippen LogP contribution in [0.4, 0.5) is 18.9 Å². The van der Waals surface area contributed by atoms with Gasteiger partial charge in [-0.25, -0.2) is 18.0 Å². The van der Waals surface area contributed by atoms with Crippen LogP contribution in [0.3, 0.4) is 0 Å². The summed E-state index contributed by atoms with van der Waals surface area (Å²) in [6.45, 7) is -1.28. The minimum atomic E-state index is -1.73. The van der Waals surface area contributed by atoms with Gasteiger partial charge in [0.15, 0.2) is 24.1 Å². The Labute approximate surface area is 157 Å². The average Bonchev–Trinajstić information content (AvgIpc) is 2.70. The van der Waals surface area contributed by atoms with Gasteiger partial charge in [0, 0.05) is 0 Å². The van der Waals surface area contributed by atoms with Gasteiger partial charge in [-0.05, 0) is 24.3 Å². The van der Waals surface area contributed by atoms with Crippen LogP contribution in [0.5, 0.6) is 5.75 Å². The molecule has 2 rings (SSSR count). The minimum Gasteiger partial charge on any atom is -0.496 e. The monoisotopic (exact) mass is 396 g/mol. The summed E-state index contributed by atoms with van der Waals surface area (Å²) in [5.41, 5.74) is -0.467. The van der Waals surface area contributed by atoms with E-state index < -0.39 is 54.1 Å². The molecule has 7 nitrogen and oxygen atoms in total. The summed E-state index contributed by atoms with van der Waals surface area (Å²) in [5.74, 6) is -6.93. The summed E-state index contributed by atoms with van der Waals surface area (Å²) in [7, 11) is 1.37. The van der Waals surface area contributed by atoms with E-state index in [1.165, 1.54) is 13.2 Å². The molecule has 28 heavy (non-hydrogen) atoms. The fraction of sp³-hybridized carbons (Fsp3) is 0.167. The molecule has 0 bridgehead atoms. The number of benzene rings is 2. The zero-order valence-corrected chi connectivity index (χ0v) is 14.6. The van der Waals surface area contributed by atoms with E-state index in [-0.39, 0.29) is 11.3 Å². The first-order chi connectivity index (χ1) is 13.3. The van der Waals surface area contributed by atoms with E-state index >= 15 is 0 Å². The Balaban J connectivity index is 1.81. The number of esters is 1. The lowest BCUT2D eigenvalue weighted by molar-refractivity contribution is -0.126. The molecule has 0 spiro atoms. The van der Waals surface area contributed by atoms with Crippen molar-refractivity contribution in [3.8, 4) is 5.75 Å². The summed E-state index contributed by atoms with van der Waals surface area (Å²) in [6.07, 6.45) is 0. The third-order valence-corrected chi connectivity index (χ3v) is 3.42. The normalized spacial score (nSPS) is 10.1. The van der Waals surface area contributed by atoms with Gasteiger partial charge in [0.1, 0.15) is 11.3 Å². The number of carbonyl (C=O) groups is 3. The topological polar surface area (TPSA) is 93.7 Å². The number of ether oxygens (including phenoxy) is 2. The van der Waals surface area contributed by atoms with Gasteiger partial charge in [0.25, 0.3) is 5.91 Å². The van der Waals surface area contributed by atoms with Gasteiger partial charge in [-0.3, -0.25) is 9.59 Å². The first-order valence-corrected chi connectivity index (χ1v) is 7.83. The van der Waals surface area contributed by atoms with E-state index in [2.05, 4.69) is 5.32 Å². The van der Waals surface area contributed by atoms with Crippen LogP contribution in [0.15, 0.2) is 36.4 Å². The number of rotatable bonds is 7. The molecule has 148 valence electrons. The van der Waals surface area contributed by atoms with Gasteiger partial charge in [-0.15, -0.1) is 0 Å². The number of halogens is 3. The fourth-order valence-electron chi connectivity index (χ4n) is 2.07. The van der Waals surface area contributed by atoms with E-state index in [4.69, 9.17) is 9.47 Å². The fourth-order valence-corrected chi connectivity index (χ4v) is 2.07. The number of para-hydroxylation sites is 1. The molecule has 2 N–H and O–H groups in total. The van der Waals surface area contributed by atoms with Crippen molar-refractivity contribution in [1.29, 1.82) is 0 Å². The molecule has 10 heteroatoms. The quantitative estimate of drug-likeness (QED) is 0.552. The molecule has 0 radical (unpaired) electrons. The highest BCUT2D eigenvalue weighted by Gasteiger charge is 2.17.